The predicted octanol–water partition coefficient (Wildman–Crippen LogP) is 2.50. The summed E-state index contributed by atoms with van der Waals surface area (Å²) in [5.41, 5.74) is 7.86. The summed E-state index contributed by atoms with van der Waals surface area (Å²) in [4.78, 5) is 11.8. The third-order valence-electron chi connectivity index (χ3n) is 3.05. The summed E-state index contributed by atoms with van der Waals surface area (Å²) in [6.45, 7) is 4.91. The molecule has 1 amide bonds. The highest BCUT2D eigenvalue weighted by atomic mass is 16.5. The lowest BCUT2D eigenvalue weighted by molar-refractivity contribution is -0.117. The maximum atomic E-state index is 11.8. The minimum Gasteiger partial charge on any atom is -0.385 e. The van der Waals surface area contributed by atoms with Gasteiger partial charge >= 0.3 is 0 Å². The van der Waals surface area contributed by atoms with Crippen LogP contribution in [-0.2, 0) is 9.53 Å². The number of rotatable bonds is 7. The molecule has 4 nitrogen and oxygen atoms in total. The lowest BCUT2D eigenvalue weighted by Crippen LogP contribution is -2.35. The molecule has 0 aliphatic heterocycles. The molecule has 0 saturated heterocycles. The van der Waals surface area contributed by atoms with Gasteiger partial charge in [0.05, 0.1) is 6.04 Å². The highest BCUT2D eigenvalue weighted by molar-refractivity contribution is 5.94. The molecule has 0 aromatic heterocycles. The maximum Gasteiger partial charge on any atom is 0.241 e. The van der Waals surface area contributed by atoms with Gasteiger partial charge in [-0.25, -0.2) is 0 Å². The number of amides is 1. The van der Waals surface area contributed by atoms with Gasteiger partial charge in [0.2, 0.25) is 5.91 Å². The lowest BCUT2D eigenvalue weighted by atomic mass is 10.0. The Bertz CT molecular complexity index is 388. The molecular weight excluding hydrogens is 240 g/mol. The Morgan fingerprint density at radius 2 is 1.95 bits per heavy atom. The summed E-state index contributed by atoms with van der Waals surface area (Å²) in [5.74, 6) is 0.342. The molecular formula is C15H24N2O2. The zero-order valence-electron chi connectivity index (χ0n) is 12.0. The average Bonchev–Trinajstić information content (AvgIpc) is 2.39. The van der Waals surface area contributed by atoms with Crippen molar-refractivity contribution in [1.29, 1.82) is 0 Å². The van der Waals surface area contributed by atoms with E-state index in [4.69, 9.17) is 10.5 Å². The molecule has 0 fully saturated rings. The quantitative estimate of drug-likeness (QED) is 0.744. The summed E-state index contributed by atoms with van der Waals surface area (Å²) < 4.78 is 4.94. The molecule has 3 N–H and O–H groups in total. The van der Waals surface area contributed by atoms with Crippen LogP contribution in [0.2, 0.25) is 0 Å². The molecule has 1 unspecified atom stereocenters. The van der Waals surface area contributed by atoms with Crippen LogP contribution in [0.4, 0.5) is 5.69 Å². The highest BCUT2D eigenvalue weighted by Crippen LogP contribution is 2.17. The van der Waals surface area contributed by atoms with Crippen LogP contribution in [0.5, 0.6) is 0 Å². The Morgan fingerprint density at radius 3 is 2.47 bits per heavy atom. The maximum absolute atomic E-state index is 11.8. The predicted molar refractivity (Wildman–Crippen MR) is 78.2 cm³/mol. The molecule has 0 saturated carbocycles. The average molecular weight is 264 g/mol. The second-order valence-corrected chi connectivity index (χ2v) is 5.01. The molecule has 0 aliphatic rings. The minimum absolute atomic E-state index is 0.145. The Labute approximate surface area is 115 Å². The number of carbonyl (C=O) groups is 1. The highest BCUT2D eigenvalue weighted by Gasteiger charge is 2.13. The van der Waals surface area contributed by atoms with E-state index in [2.05, 4.69) is 19.2 Å². The van der Waals surface area contributed by atoms with Gasteiger partial charge in [0.1, 0.15) is 0 Å². The Hall–Kier alpha value is -1.39. The van der Waals surface area contributed by atoms with Gasteiger partial charge in [-0.05, 0) is 36.5 Å². The molecule has 1 atom stereocenters. The second kappa shape index (κ2) is 7.92. The zero-order valence-corrected chi connectivity index (χ0v) is 12.0. The molecule has 1 aromatic carbocycles. The van der Waals surface area contributed by atoms with Gasteiger partial charge in [-0.1, -0.05) is 26.0 Å². The first-order valence-corrected chi connectivity index (χ1v) is 6.70. The zero-order chi connectivity index (χ0) is 14.3. The van der Waals surface area contributed by atoms with Crippen molar-refractivity contribution in [2.75, 3.05) is 19.0 Å². The van der Waals surface area contributed by atoms with Crippen molar-refractivity contribution < 1.29 is 9.53 Å². The second-order valence-electron chi connectivity index (χ2n) is 5.01. The molecule has 4 heteroatoms. The van der Waals surface area contributed by atoms with E-state index in [1.165, 1.54) is 5.56 Å². The van der Waals surface area contributed by atoms with Crippen LogP contribution in [-0.4, -0.2) is 25.7 Å². The van der Waals surface area contributed by atoms with Gasteiger partial charge < -0.3 is 15.8 Å². The van der Waals surface area contributed by atoms with Gasteiger partial charge in [-0.2, -0.15) is 0 Å². The Balaban J connectivity index is 2.47. The van der Waals surface area contributed by atoms with Gasteiger partial charge in [0, 0.05) is 19.4 Å². The molecule has 106 valence electrons. The van der Waals surface area contributed by atoms with Crippen molar-refractivity contribution in [3.63, 3.8) is 0 Å². The van der Waals surface area contributed by atoms with Crippen molar-refractivity contribution >= 4 is 11.6 Å². The fourth-order valence-electron chi connectivity index (χ4n) is 1.76. The topological polar surface area (TPSA) is 64.3 Å². The first-order valence-electron chi connectivity index (χ1n) is 6.70. The SMILES string of the molecule is COCCCC(N)C(=O)Nc1ccc(C(C)C)cc1. The number of ether oxygens (including phenoxy) is 1. The van der Waals surface area contributed by atoms with Crippen molar-refractivity contribution in [1.82, 2.24) is 0 Å². The number of hydrogen-bond donors (Lipinski definition) is 2. The lowest BCUT2D eigenvalue weighted by Gasteiger charge is -2.13. The molecule has 0 aliphatic carbocycles. The summed E-state index contributed by atoms with van der Waals surface area (Å²) in [7, 11) is 1.64. The number of benzene rings is 1. The number of nitrogens with two attached hydrogens (primary N) is 1. The summed E-state index contributed by atoms with van der Waals surface area (Å²) in [6.07, 6.45) is 1.42. The van der Waals surface area contributed by atoms with E-state index in [9.17, 15) is 4.79 Å². The number of carbonyl (C=O) groups excluding carboxylic acids is 1. The third kappa shape index (κ3) is 5.41. The number of hydrogen-bond acceptors (Lipinski definition) is 3. The first-order chi connectivity index (χ1) is 9.04. The summed E-state index contributed by atoms with van der Waals surface area (Å²) in [5, 5.41) is 2.83. The van der Waals surface area contributed by atoms with Crippen LogP contribution < -0.4 is 11.1 Å². The van der Waals surface area contributed by atoms with Crippen molar-refractivity contribution in [3.8, 4) is 0 Å². The molecule has 1 aromatic rings. The molecule has 19 heavy (non-hydrogen) atoms. The van der Waals surface area contributed by atoms with Crippen molar-refractivity contribution in [3.05, 3.63) is 29.8 Å². The van der Waals surface area contributed by atoms with Crippen molar-refractivity contribution in [2.45, 2.75) is 38.6 Å². The van der Waals surface area contributed by atoms with Crippen molar-refractivity contribution in [2.24, 2.45) is 5.73 Å². The van der Waals surface area contributed by atoms with E-state index in [-0.39, 0.29) is 5.91 Å². The number of anilines is 1. The van der Waals surface area contributed by atoms with Crippen LogP contribution in [0.25, 0.3) is 0 Å². The fourth-order valence-corrected chi connectivity index (χ4v) is 1.76. The van der Waals surface area contributed by atoms with E-state index < -0.39 is 6.04 Å². The first kappa shape index (κ1) is 15.7. The van der Waals surface area contributed by atoms with Crippen LogP contribution in [0.3, 0.4) is 0 Å². The van der Waals surface area contributed by atoms with E-state index in [0.29, 0.717) is 18.9 Å². The Kier molecular flexibility index (Phi) is 6.53. The number of nitrogens with one attached hydrogen (secondary N) is 1. The van der Waals surface area contributed by atoms with Gasteiger partial charge in [0.25, 0.3) is 0 Å². The summed E-state index contributed by atoms with van der Waals surface area (Å²) in [6, 6.07) is 7.39. The van der Waals surface area contributed by atoms with Gasteiger partial charge in [0.15, 0.2) is 0 Å². The molecule has 0 heterocycles. The van der Waals surface area contributed by atoms with Gasteiger partial charge in [-0.15, -0.1) is 0 Å². The molecule has 0 radical (unpaired) electrons. The largest absolute Gasteiger partial charge is 0.385 e. The van der Waals surface area contributed by atoms with Crippen LogP contribution in [0.15, 0.2) is 24.3 Å². The van der Waals surface area contributed by atoms with Crippen LogP contribution in [0.1, 0.15) is 38.2 Å². The monoisotopic (exact) mass is 264 g/mol. The van der Waals surface area contributed by atoms with E-state index in [1.807, 2.05) is 24.3 Å². The van der Waals surface area contributed by atoms with E-state index in [0.717, 1.165) is 12.1 Å². The van der Waals surface area contributed by atoms with E-state index in [1.54, 1.807) is 7.11 Å². The normalized spacial score (nSPS) is 12.5. The summed E-state index contributed by atoms with van der Waals surface area (Å²) >= 11 is 0. The van der Waals surface area contributed by atoms with Crippen LogP contribution in [0, 0.1) is 0 Å². The molecule has 0 spiro atoms. The molecule has 0 bridgehead atoms. The smallest absolute Gasteiger partial charge is 0.241 e. The third-order valence-corrected chi connectivity index (χ3v) is 3.05. The van der Waals surface area contributed by atoms with Gasteiger partial charge in [-0.3, -0.25) is 4.79 Å². The fraction of sp³-hybridized carbons (Fsp3) is 0.533. The Morgan fingerprint density at radius 1 is 1.32 bits per heavy atom. The molecule has 1 rings (SSSR count). The minimum atomic E-state index is -0.486. The number of methoxy groups -OCH3 is 1. The van der Waals surface area contributed by atoms with E-state index >= 15 is 0 Å². The standard InChI is InChI=1S/C15H24N2O2/c1-11(2)12-6-8-13(9-7-12)17-15(18)14(16)5-4-10-19-3/h6-9,11,14H,4-5,10,16H2,1-3H3,(H,17,18). The van der Waals surface area contributed by atoms with Crippen LogP contribution >= 0.6 is 0 Å².